The largest absolute Gasteiger partial charge is 0.494 e. The van der Waals surface area contributed by atoms with Crippen molar-refractivity contribution in [2.45, 2.75) is 26.2 Å². The van der Waals surface area contributed by atoms with E-state index in [2.05, 4.69) is 4.90 Å². The minimum absolute atomic E-state index is 0.0391. The fourth-order valence-corrected chi connectivity index (χ4v) is 2.71. The third-order valence-electron chi connectivity index (χ3n) is 3.76. The molecule has 0 bridgehead atoms. The van der Waals surface area contributed by atoms with Crippen LogP contribution in [0.1, 0.15) is 26.2 Å². The van der Waals surface area contributed by atoms with Crippen LogP contribution in [0, 0.1) is 5.92 Å². The van der Waals surface area contributed by atoms with E-state index in [0.717, 1.165) is 44.6 Å². The molecule has 21 heavy (non-hydrogen) atoms. The monoisotopic (exact) mass is 291 g/mol. The van der Waals surface area contributed by atoms with Gasteiger partial charge in [-0.3, -0.25) is 4.79 Å². The van der Waals surface area contributed by atoms with Crippen LogP contribution in [0.25, 0.3) is 0 Å². The van der Waals surface area contributed by atoms with E-state index < -0.39 is 0 Å². The molecule has 0 aliphatic carbocycles. The highest BCUT2D eigenvalue weighted by Crippen LogP contribution is 2.18. The lowest BCUT2D eigenvalue weighted by molar-refractivity contribution is -0.149. The Morgan fingerprint density at radius 3 is 2.90 bits per heavy atom. The number of nitrogens with zero attached hydrogens (tertiary/aromatic N) is 1. The van der Waals surface area contributed by atoms with Gasteiger partial charge in [0.2, 0.25) is 0 Å². The third kappa shape index (κ3) is 5.38. The molecular weight excluding hydrogens is 266 g/mol. The van der Waals surface area contributed by atoms with Crippen LogP contribution >= 0.6 is 0 Å². The predicted octanol–water partition coefficient (Wildman–Crippen LogP) is 2.73. The number of piperidine rings is 1. The number of carbonyl (C=O) groups is 1. The molecule has 2 rings (SSSR count). The molecule has 1 saturated heterocycles. The van der Waals surface area contributed by atoms with Crippen molar-refractivity contribution in [3.05, 3.63) is 30.3 Å². The lowest BCUT2D eigenvalue weighted by Gasteiger charge is -2.31. The van der Waals surface area contributed by atoms with Crippen molar-refractivity contribution in [2.75, 3.05) is 32.8 Å². The van der Waals surface area contributed by atoms with Gasteiger partial charge in [0, 0.05) is 13.1 Å². The van der Waals surface area contributed by atoms with Gasteiger partial charge < -0.3 is 14.4 Å². The highest BCUT2D eigenvalue weighted by Gasteiger charge is 2.26. The lowest BCUT2D eigenvalue weighted by Crippen LogP contribution is -2.40. The number of hydrogen-bond acceptors (Lipinski definition) is 4. The summed E-state index contributed by atoms with van der Waals surface area (Å²) in [5, 5.41) is 0. The van der Waals surface area contributed by atoms with Gasteiger partial charge in [-0.25, -0.2) is 0 Å². The van der Waals surface area contributed by atoms with Gasteiger partial charge in [0.05, 0.1) is 19.1 Å². The van der Waals surface area contributed by atoms with Crippen LogP contribution in [0.3, 0.4) is 0 Å². The zero-order chi connectivity index (χ0) is 14.9. The van der Waals surface area contributed by atoms with Crippen molar-refractivity contribution in [3.8, 4) is 5.75 Å². The summed E-state index contributed by atoms with van der Waals surface area (Å²) in [5.41, 5.74) is 0. The van der Waals surface area contributed by atoms with E-state index in [4.69, 9.17) is 9.47 Å². The van der Waals surface area contributed by atoms with Crippen molar-refractivity contribution in [3.63, 3.8) is 0 Å². The second-order valence-electron chi connectivity index (χ2n) is 5.41. The summed E-state index contributed by atoms with van der Waals surface area (Å²) in [7, 11) is 0. The van der Waals surface area contributed by atoms with E-state index in [-0.39, 0.29) is 11.9 Å². The molecule has 0 radical (unpaired) electrons. The van der Waals surface area contributed by atoms with Gasteiger partial charge in [0.25, 0.3) is 0 Å². The molecular formula is C17H25NO3. The van der Waals surface area contributed by atoms with Crippen LogP contribution in [-0.2, 0) is 9.53 Å². The highest BCUT2D eigenvalue weighted by atomic mass is 16.5. The second kappa shape index (κ2) is 8.67. The maximum Gasteiger partial charge on any atom is 0.310 e. The first kappa shape index (κ1) is 15.8. The molecule has 1 aliphatic heterocycles. The van der Waals surface area contributed by atoms with Crippen LogP contribution in [0.5, 0.6) is 5.75 Å². The van der Waals surface area contributed by atoms with Crippen LogP contribution in [0.15, 0.2) is 30.3 Å². The zero-order valence-electron chi connectivity index (χ0n) is 12.8. The molecule has 0 saturated carbocycles. The topological polar surface area (TPSA) is 38.8 Å². The fourth-order valence-electron chi connectivity index (χ4n) is 2.71. The minimum Gasteiger partial charge on any atom is -0.494 e. The molecule has 1 atom stereocenters. The molecule has 1 heterocycles. The quantitative estimate of drug-likeness (QED) is 0.572. The Kier molecular flexibility index (Phi) is 6.54. The Morgan fingerprint density at radius 1 is 1.33 bits per heavy atom. The maximum absolute atomic E-state index is 11.8. The normalized spacial score (nSPS) is 19.2. The summed E-state index contributed by atoms with van der Waals surface area (Å²) in [4.78, 5) is 14.1. The Morgan fingerprint density at radius 2 is 2.14 bits per heavy atom. The van der Waals surface area contributed by atoms with Crippen molar-refractivity contribution >= 4 is 5.97 Å². The summed E-state index contributed by atoms with van der Waals surface area (Å²) in [6, 6.07) is 9.87. The molecule has 0 N–H and O–H groups in total. The van der Waals surface area contributed by atoms with Gasteiger partial charge in [0.15, 0.2) is 0 Å². The average Bonchev–Trinajstić information content (AvgIpc) is 2.53. The van der Waals surface area contributed by atoms with E-state index in [9.17, 15) is 4.79 Å². The number of para-hydroxylation sites is 1. The zero-order valence-corrected chi connectivity index (χ0v) is 12.8. The number of likely N-dealkylation sites (tertiary alicyclic amines) is 1. The van der Waals surface area contributed by atoms with E-state index >= 15 is 0 Å². The molecule has 0 unspecified atom stereocenters. The summed E-state index contributed by atoms with van der Waals surface area (Å²) < 4.78 is 10.8. The number of benzene rings is 1. The van der Waals surface area contributed by atoms with Gasteiger partial charge in [-0.1, -0.05) is 18.2 Å². The summed E-state index contributed by atoms with van der Waals surface area (Å²) in [6.07, 6.45) is 3.00. The van der Waals surface area contributed by atoms with Crippen molar-refractivity contribution in [1.82, 2.24) is 4.90 Å². The summed E-state index contributed by atoms with van der Waals surface area (Å²) in [6.45, 7) is 5.92. The Bertz CT molecular complexity index is 421. The molecule has 1 aromatic rings. The Labute approximate surface area is 127 Å². The molecule has 4 heteroatoms. The van der Waals surface area contributed by atoms with Gasteiger partial charge in [-0.15, -0.1) is 0 Å². The standard InChI is InChI=1S/C17H25NO3/c1-2-20-17(19)15-8-6-11-18(14-15)12-7-13-21-16-9-4-3-5-10-16/h3-5,9-10,15H,2,6-8,11-14H2,1H3/t15-/m1/s1. The van der Waals surface area contributed by atoms with Crippen molar-refractivity contribution in [2.24, 2.45) is 5.92 Å². The van der Waals surface area contributed by atoms with Gasteiger partial charge in [0.1, 0.15) is 5.75 Å². The first-order valence-corrected chi connectivity index (χ1v) is 7.86. The van der Waals surface area contributed by atoms with Crippen LogP contribution < -0.4 is 4.74 Å². The first-order valence-electron chi connectivity index (χ1n) is 7.86. The molecule has 0 amide bonds. The van der Waals surface area contributed by atoms with E-state index in [1.807, 2.05) is 37.3 Å². The molecule has 116 valence electrons. The first-order chi connectivity index (χ1) is 10.3. The number of rotatable bonds is 7. The molecule has 0 aromatic heterocycles. The smallest absolute Gasteiger partial charge is 0.310 e. The van der Waals surface area contributed by atoms with E-state index in [0.29, 0.717) is 13.2 Å². The molecule has 1 aliphatic rings. The Balaban J connectivity index is 1.65. The average molecular weight is 291 g/mol. The summed E-state index contributed by atoms with van der Waals surface area (Å²) in [5.74, 6) is 0.928. The number of carbonyl (C=O) groups excluding carboxylic acids is 1. The predicted molar refractivity (Wildman–Crippen MR) is 82.4 cm³/mol. The van der Waals surface area contributed by atoms with Crippen molar-refractivity contribution in [1.29, 1.82) is 0 Å². The van der Waals surface area contributed by atoms with Crippen LogP contribution in [0.4, 0.5) is 0 Å². The minimum atomic E-state index is -0.0391. The third-order valence-corrected chi connectivity index (χ3v) is 3.76. The number of hydrogen-bond donors (Lipinski definition) is 0. The fraction of sp³-hybridized carbons (Fsp3) is 0.588. The van der Waals surface area contributed by atoms with E-state index in [1.54, 1.807) is 0 Å². The number of ether oxygens (including phenoxy) is 2. The van der Waals surface area contributed by atoms with Crippen LogP contribution in [-0.4, -0.2) is 43.7 Å². The van der Waals surface area contributed by atoms with Crippen molar-refractivity contribution < 1.29 is 14.3 Å². The Hall–Kier alpha value is -1.55. The SMILES string of the molecule is CCOC(=O)[C@@H]1CCCN(CCCOc2ccccc2)C1. The molecule has 1 aromatic carbocycles. The molecule has 0 spiro atoms. The van der Waals surface area contributed by atoms with Gasteiger partial charge in [-0.05, 0) is 44.9 Å². The van der Waals surface area contributed by atoms with Gasteiger partial charge >= 0.3 is 5.97 Å². The van der Waals surface area contributed by atoms with Gasteiger partial charge in [-0.2, -0.15) is 0 Å². The maximum atomic E-state index is 11.8. The van der Waals surface area contributed by atoms with E-state index in [1.165, 1.54) is 0 Å². The van der Waals surface area contributed by atoms with Crippen LogP contribution in [0.2, 0.25) is 0 Å². The second-order valence-corrected chi connectivity index (χ2v) is 5.41. The highest BCUT2D eigenvalue weighted by molar-refractivity contribution is 5.72. The lowest BCUT2D eigenvalue weighted by atomic mass is 9.98. The molecule has 4 nitrogen and oxygen atoms in total. The number of esters is 1. The summed E-state index contributed by atoms with van der Waals surface area (Å²) >= 11 is 0. The molecule has 1 fully saturated rings.